The number of hydrogen-bond donors (Lipinski definition) is 0. The Balaban J connectivity index is 2.40. The number of likely N-dealkylation sites (N-methyl/N-ethyl adjacent to an activating group) is 1. The predicted octanol–water partition coefficient (Wildman–Crippen LogP) is 3.52. The fourth-order valence-electron chi connectivity index (χ4n) is 1.80. The number of nitrogens with zero attached hydrogens (tertiary/aromatic N) is 1. The summed E-state index contributed by atoms with van der Waals surface area (Å²) in [5.41, 5.74) is 0.751. The van der Waals surface area contributed by atoms with Crippen LogP contribution in [0, 0.1) is 0 Å². The minimum atomic E-state index is -0.297. The maximum absolute atomic E-state index is 11.9. The number of carbonyl (C=O) groups excluding carboxylic acids is 2. The number of ether oxygens (including phenoxy) is 2. The molecule has 1 fully saturated rings. The van der Waals surface area contributed by atoms with Crippen molar-refractivity contribution in [2.45, 2.75) is 6.92 Å². The van der Waals surface area contributed by atoms with Gasteiger partial charge in [0, 0.05) is 7.05 Å². The average molecular weight is 372 g/mol. The number of methoxy groups -OCH3 is 1. The summed E-state index contributed by atoms with van der Waals surface area (Å²) in [6, 6.07) is 3.58. The SMILES string of the molecule is CCOc1c(Br)cc(C=C2SC(=O)N(C)C2=O)cc1OC. The highest BCUT2D eigenvalue weighted by molar-refractivity contribution is 9.10. The number of amides is 2. The van der Waals surface area contributed by atoms with Gasteiger partial charge in [-0.25, -0.2) is 0 Å². The molecule has 7 heteroatoms. The van der Waals surface area contributed by atoms with Gasteiger partial charge in [0.05, 0.1) is 23.1 Å². The van der Waals surface area contributed by atoms with Gasteiger partial charge in [0.2, 0.25) is 0 Å². The largest absolute Gasteiger partial charge is 0.493 e. The van der Waals surface area contributed by atoms with Gasteiger partial charge < -0.3 is 9.47 Å². The van der Waals surface area contributed by atoms with Crippen molar-refractivity contribution in [3.05, 3.63) is 27.1 Å². The Labute approximate surface area is 135 Å². The quantitative estimate of drug-likeness (QED) is 0.757. The monoisotopic (exact) mass is 371 g/mol. The van der Waals surface area contributed by atoms with Crippen LogP contribution in [0.15, 0.2) is 21.5 Å². The minimum Gasteiger partial charge on any atom is -0.493 e. The summed E-state index contributed by atoms with van der Waals surface area (Å²) in [6.07, 6.45) is 1.66. The summed E-state index contributed by atoms with van der Waals surface area (Å²) in [7, 11) is 3.02. The number of halogens is 1. The zero-order chi connectivity index (χ0) is 15.6. The Bertz CT molecular complexity index is 630. The number of benzene rings is 1. The third-order valence-electron chi connectivity index (χ3n) is 2.82. The molecule has 0 aliphatic carbocycles. The maximum atomic E-state index is 11.9. The van der Waals surface area contributed by atoms with Gasteiger partial charge in [0.1, 0.15) is 0 Å². The van der Waals surface area contributed by atoms with Crippen LogP contribution in [-0.2, 0) is 4.79 Å². The molecule has 0 atom stereocenters. The first-order valence-corrected chi connectivity index (χ1v) is 7.80. The van der Waals surface area contributed by atoms with Crippen molar-refractivity contribution >= 4 is 44.9 Å². The van der Waals surface area contributed by atoms with Gasteiger partial charge in [0.25, 0.3) is 11.1 Å². The van der Waals surface area contributed by atoms with Crippen LogP contribution >= 0.6 is 27.7 Å². The van der Waals surface area contributed by atoms with Crippen molar-refractivity contribution in [2.75, 3.05) is 20.8 Å². The third kappa shape index (κ3) is 3.24. The molecule has 1 saturated heterocycles. The second-order valence-corrected chi connectivity index (χ2v) is 6.06. The van der Waals surface area contributed by atoms with Crippen molar-refractivity contribution in [1.29, 1.82) is 0 Å². The zero-order valence-electron chi connectivity index (χ0n) is 11.8. The highest BCUT2D eigenvalue weighted by atomic mass is 79.9. The fourth-order valence-corrected chi connectivity index (χ4v) is 3.21. The lowest BCUT2D eigenvalue weighted by atomic mass is 10.2. The van der Waals surface area contributed by atoms with E-state index in [1.54, 1.807) is 19.3 Å². The van der Waals surface area contributed by atoms with E-state index in [1.165, 1.54) is 7.05 Å². The molecule has 0 spiro atoms. The van der Waals surface area contributed by atoms with Crippen LogP contribution in [0.5, 0.6) is 11.5 Å². The second-order valence-electron chi connectivity index (χ2n) is 4.21. The summed E-state index contributed by atoms with van der Waals surface area (Å²) < 4.78 is 11.5. The van der Waals surface area contributed by atoms with E-state index in [2.05, 4.69) is 15.9 Å². The van der Waals surface area contributed by atoms with Gasteiger partial charge in [-0.2, -0.15) is 0 Å². The Morgan fingerprint density at radius 2 is 2.10 bits per heavy atom. The summed E-state index contributed by atoms with van der Waals surface area (Å²) in [5, 5.41) is -0.275. The Hall–Kier alpha value is -1.47. The fraction of sp³-hybridized carbons (Fsp3) is 0.286. The molecule has 2 amide bonds. The van der Waals surface area contributed by atoms with Gasteiger partial charge >= 0.3 is 0 Å². The van der Waals surface area contributed by atoms with E-state index in [4.69, 9.17) is 9.47 Å². The third-order valence-corrected chi connectivity index (χ3v) is 4.37. The normalized spacial score (nSPS) is 16.8. The molecule has 21 heavy (non-hydrogen) atoms. The first kappa shape index (κ1) is 15.9. The number of thioether (sulfide) groups is 1. The number of hydrogen-bond acceptors (Lipinski definition) is 5. The van der Waals surface area contributed by atoms with E-state index in [0.717, 1.165) is 26.7 Å². The minimum absolute atomic E-state index is 0.275. The molecule has 0 bridgehead atoms. The molecule has 0 N–H and O–H groups in total. The summed E-state index contributed by atoms with van der Waals surface area (Å²) in [4.78, 5) is 24.8. The van der Waals surface area contributed by atoms with E-state index in [-0.39, 0.29) is 11.1 Å². The van der Waals surface area contributed by atoms with Crippen molar-refractivity contribution in [2.24, 2.45) is 0 Å². The molecule has 1 aliphatic rings. The highest BCUT2D eigenvalue weighted by Gasteiger charge is 2.31. The van der Waals surface area contributed by atoms with E-state index >= 15 is 0 Å². The molecule has 1 aromatic rings. The van der Waals surface area contributed by atoms with Crippen molar-refractivity contribution in [3.8, 4) is 11.5 Å². The number of imide groups is 1. The Morgan fingerprint density at radius 3 is 2.62 bits per heavy atom. The summed E-state index contributed by atoms with van der Waals surface area (Å²) in [5.74, 6) is 0.878. The van der Waals surface area contributed by atoms with Crippen LogP contribution in [-0.4, -0.2) is 36.8 Å². The van der Waals surface area contributed by atoms with E-state index in [1.807, 2.05) is 13.0 Å². The first-order chi connectivity index (χ1) is 9.97. The van der Waals surface area contributed by atoms with E-state index in [9.17, 15) is 9.59 Å². The molecule has 5 nitrogen and oxygen atoms in total. The standard InChI is InChI=1S/C14H14BrNO4S/c1-4-20-12-9(15)5-8(6-10(12)19-3)7-11-13(17)16(2)14(18)21-11/h5-7H,4H2,1-3H3. The molecule has 0 saturated carbocycles. The van der Waals surface area contributed by atoms with Crippen molar-refractivity contribution in [3.63, 3.8) is 0 Å². The predicted molar refractivity (Wildman–Crippen MR) is 85.6 cm³/mol. The summed E-state index contributed by atoms with van der Waals surface area (Å²) in [6.45, 7) is 2.40. The van der Waals surface area contributed by atoms with E-state index in [0.29, 0.717) is 23.0 Å². The van der Waals surface area contributed by atoms with Gasteiger partial charge in [-0.1, -0.05) is 0 Å². The van der Waals surface area contributed by atoms with Gasteiger partial charge in [0.15, 0.2) is 11.5 Å². The maximum Gasteiger partial charge on any atom is 0.293 e. The van der Waals surface area contributed by atoms with Crippen LogP contribution in [0.2, 0.25) is 0 Å². The lowest BCUT2D eigenvalue weighted by Crippen LogP contribution is -2.22. The molecule has 1 aliphatic heterocycles. The molecule has 0 radical (unpaired) electrons. The molecule has 0 aromatic heterocycles. The second kappa shape index (κ2) is 6.53. The van der Waals surface area contributed by atoms with Crippen LogP contribution in [0.1, 0.15) is 12.5 Å². The molecule has 112 valence electrons. The molecule has 0 unspecified atom stereocenters. The van der Waals surface area contributed by atoms with Crippen LogP contribution in [0.3, 0.4) is 0 Å². The molecule has 1 heterocycles. The highest BCUT2D eigenvalue weighted by Crippen LogP contribution is 2.38. The Morgan fingerprint density at radius 1 is 1.38 bits per heavy atom. The van der Waals surface area contributed by atoms with Crippen molar-refractivity contribution in [1.82, 2.24) is 4.90 Å². The summed E-state index contributed by atoms with van der Waals surface area (Å²) >= 11 is 4.35. The van der Waals surface area contributed by atoms with Crippen LogP contribution in [0.25, 0.3) is 6.08 Å². The Kier molecular flexibility index (Phi) is 4.95. The van der Waals surface area contributed by atoms with Crippen molar-refractivity contribution < 1.29 is 19.1 Å². The van der Waals surface area contributed by atoms with Crippen LogP contribution in [0.4, 0.5) is 4.79 Å². The molecule has 2 rings (SSSR count). The number of rotatable bonds is 4. The van der Waals surface area contributed by atoms with Gasteiger partial charge in [-0.3, -0.25) is 14.5 Å². The first-order valence-electron chi connectivity index (χ1n) is 6.19. The number of carbonyl (C=O) groups is 2. The van der Waals surface area contributed by atoms with Crippen LogP contribution < -0.4 is 9.47 Å². The van der Waals surface area contributed by atoms with Gasteiger partial charge in [-0.15, -0.1) is 0 Å². The lowest BCUT2D eigenvalue weighted by molar-refractivity contribution is -0.121. The molecule has 1 aromatic carbocycles. The van der Waals surface area contributed by atoms with Gasteiger partial charge in [-0.05, 0) is 58.4 Å². The smallest absolute Gasteiger partial charge is 0.293 e. The molecular weight excluding hydrogens is 358 g/mol. The van der Waals surface area contributed by atoms with E-state index < -0.39 is 0 Å². The average Bonchev–Trinajstić information content (AvgIpc) is 2.69. The topological polar surface area (TPSA) is 55.8 Å². The molecular formula is C14H14BrNO4S. The lowest BCUT2D eigenvalue weighted by Gasteiger charge is -2.12. The zero-order valence-corrected chi connectivity index (χ0v) is 14.2.